The fourth-order valence-corrected chi connectivity index (χ4v) is 4.20. The molecule has 3 aliphatic carbocycles. The van der Waals surface area contributed by atoms with Crippen molar-refractivity contribution in [2.24, 2.45) is 23.7 Å². The third-order valence-corrected chi connectivity index (χ3v) is 5.47. The van der Waals surface area contributed by atoms with Crippen LogP contribution >= 0.6 is 0 Å². The first-order chi connectivity index (χ1) is 11.0. The highest BCUT2D eigenvalue weighted by Gasteiger charge is 2.64. The van der Waals surface area contributed by atoms with E-state index in [2.05, 4.69) is 0 Å². The van der Waals surface area contributed by atoms with Crippen molar-refractivity contribution >= 4 is 17.3 Å². The molecule has 1 aromatic carbocycles. The first-order valence-corrected chi connectivity index (χ1v) is 7.60. The van der Waals surface area contributed by atoms with Gasteiger partial charge in [0, 0.05) is 12.1 Å². The Morgan fingerprint density at radius 1 is 0.957 bits per heavy atom. The maximum absolute atomic E-state index is 12.3. The summed E-state index contributed by atoms with van der Waals surface area (Å²) in [5.74, 6) is 1.41. The molecule has 4 rings (SSSR count). The summed E-state index contributed by atoms with van der Waals surface area (Å²) in [7, 11) is 0. The van der Waals surface area contributed by atoms with E-state index in [0.29, 0.717) is 23.7 Å². The molecule has 0 amide bonds. The molecule has 120 valence electrons. The van der Waals surface area contributed by atoms with Crippen molar-refractivity contribution in [2.75, 3.05) is 0 Å². The normalized spacial score (nSPS) is 33.1. The highest BCUT2D eigenvalue weighted by molar-refractivity contribution is 5.91. The molecule has 23 heavy (non-hydrogen) atoms. The number of rotatable bonds is 4. The quantitative estimate of drug-likeness (QED) is 0.479. The van der Waals surface area contributed by atoms with Crippen molar-refractivity contribution in [3.05, 3.63) is 44.0 Å². The van der Waals surface area contributed by atoms with Crippen molar-refractivity contribution in [3.8, 4) is 0 Å². The average molecular weight is 318 g/mol. The molecule has 0 aromatic heterocycles. The standard InChI is InChI=1S/C15H14N2O6/c18-15(23-14-11-2-1-10(11)12-6-13(12)14)7-3-8(16(19)20)5-9(4-7)17(21)22/h3-5,10-14H,1-2,6H2/t10-,11+,12-,13-,14-/m0/s1. The number of nitro benzene ring substituents is 2. The van der Waals surface area contributed by atoms with Gasteiger partial charge in [0.15, 0.2) is 0 Å². The molecule has 0 N–H and O–H groups in total. The Hall–Kier alpha value is -2.51. The van der Waals surface area contributed by atoms with Crippen LogP contribution in [0.1, 0.15) is 29.6 Å². The lowest BCUT2D eigenvalue weighted by atomic mass is 9.72. The van der Waals surface area contributed by atoms with E-state index in [1.54, 1.807) is 0 Å². The lowest BCUT2D eigenvalue weighted by Crippen LogP contribution is -2.35. The number of benzene rings is 1. The van der Waals surface area contributed by atoms with Crippen LogP contribution in [0, 0.1) is 43.9 Å². The van der Waals surface area contributed by atoms with E-state index in [-0.39, 0.29) is 11.7 Å². The van der Waals surface area contributed by atoms with Crippen LogP contribution in [-0.4, -0.2) is 21.9 Å². The molecule has 3 fully saturated rings. The zero-order chi connectivity index (χ0) is 16.3. The van der Waals surface area contributed by atoms with Crippen LogP contribution in [0.3, 0.4) is 0 Å². The van der Waals surface area contributed by atoms with E-state index in [1.807, 2.05) is 0 Å². The number of ether oxygens (including phenoxy) is 1. The van der Waals surface area contributed by atoms with Gasteiger partial charge in [0.1, 0.15) is 6.10 Å². The average Bonchev–Trinajstić information content (AvgIpc) is 3.20. The first kappa shape index (κ1) is 14.1. The maximum atomic E-state index is 12.3. The monoisotopic (exact) mass is 318 g/mol. The van der Waals surface area contributed by atoms with Crippen LogP contribution in [0.5, 0.6) is 0 Å². The molecule has 0 aliphatic heterocycles. The Kier molecular flexibility index (Phi) is 2.91. The van der Waals surface area contributed by atoms with Gasteiger partial charge in [-0.15, -0.1) is 0 Å². The van der Waals surface area contributed by atoms with Gasteiger partial charge in [-0.05, 0) is 42.9 Å². The highest BCUT2D eigenvalue weighted by atomic mass is 16.6. The number of carbonyl (C=O) groups excluding carboxylic acids is 1. The summed E-state index contributed by atoms with van der Waals surface area (Å²) in [6.45, 7) is 0. The Morgan fingerprint density at radius 2 is 1.57 bits per heavy atom. The fourth-order valence-electron chi connectivity index (χ4n) is 4.20. The van der Waals surface area contributed by atoms with Crippen LogP contribution in [0.25, 0.3) is 0 Å². The van der Waals surface area contributed by atoms with Gasteiger partial charge in [-0.1, -0.05) is 0 Å². The second kappa shape index (κ2) is 4.74. The summed E-state index contributed by atoms with van der Waals surface area (Å²) >= 11 is 0. The molecule has 3 saturated carbocycles. The van der Waals surface area contributed by atoms with Crippen molar-refractivity contribution in [1.29, 1.82) is 0 Å². The van der Waals surface area contributed by atoms with Crippen LogP contribution < -0.4 is 0 Å². The van der Waals surface area contributed by atoms with E-state index in [0.717, 1.165) is 31.0 Å². The Morgan fingerprint density at radius 3 is 2.04 bits per heavy atom. The minimum absolute atomic E-state index is 0.133. The summed E-state index contributed by atoms with van der Waals surface area (Å²) in [5, 5.41) is 21.8. The van der Waals surface area contributed by atoms with E-state index in [1.165, 1.54) is 6.42 Å². The summed E-state index contributed by atoms with van der Waals surface area (Å²) in [5.41, 5.74) is -1.10. The maximum Gasteiger partial charge on any atom is 0.338 e. The minimum atomic E-state index is -0.752. The predicted octanol–water partition coefficient (Wildman–Crippen LogP) is 2.70. The number of hydrogen-bond acceptors (Lipinski definition) is 6. The van der Waals surface area contributed by atoms with Gasteiger partial charge in [-0.3, -0.25) is 20.2 Å². The molecule has 0 radical (unpaired) electrons. The molecule has 5 atom stereocenters. The molecular weight excluding hydrogens is 304 g/mol. The lowest BCUT2D eigenvalue weighted by Gasteiger charge is -2.36. The van der Waals surface area contributed by atoms with E-state index in [4.69, 9.17) is 4.74 Å². The van der Waals surface area contributed by atoms with Gasteiger partial charge < -0.3 is 4.74 Å². The smallest absolute Gasteiger partial charge is 0.338 e. The number of hydrogen-bond donors (Lipinski definition) is 0. The van der Waals surface area contributed by atoms with Gasteiger partial charge in [0.25, 0.3) is 11.4 Å². The fraction of sp³-hybridized carbons (Fsp3) is 0.533. The van der Waals surface area contributed by atoms with Crippen LogP contribution in [0.15, 0.2) is 18.2 Å². The lowest BCUT2D eigenvalue weighted by molar-refractivity contribution is -0.394. The first-order valence-electron chi connectivity index (χ1n) is 7.60. The second-order valence-electron chi connectivity index (χ2n) is 6.59. The molecular formula is C15H14N2O6. The summed E-state index contributed by atoms with van der Waals surface area (Å²) in [6.07, 6.45) is 3.17. The zero-order valence-corrected chi connectivity index (χ0v) is 12.1. The molecule has 8 heteroatoms. The van der Waals surface area contributed by atoms with Crippen LogP contribution in [0.4, 0.5) is 11.4 Å². The SMILES string of the molecule is O=C(O[C@H]1[C@@H]2CC[C@@H]2[C@@H]2C[C@@H]21)c1cc([N+](=O)[O-])cc([N+](=O)[O-])c1. The summed E-state index contributed by atoms with van der Waals surface area (Å²) in [4.78, 5) is 32.6. The van der Waals surface area contributed by atoms with Crippen molar-refractivity contribution < 1.29 is 19.4 Å². The topological polar surface area (TPSA) is 113 Å². The molecule has 0 bridgehead atoms. The molecule has 3 aliphatic rings. The molecule has 0 saturated heterocycles. The van der Waals surface area contributed by atoms with Gasteiger partial charge in [-0.25, -0.2) is 4.79 Å². The molecule has 0 heterocycles. The molecule has 8 nitrogen and oxygen atoms in total. The number of fused-ring (bicyclic) bond motifs is 3. The van der Waals surface area contributed by atoms with Gasteiger partial charge in [0.2, 0.25) is 0 Å². The Balaban J connectivity index is 1.58. The third-order valence-electron chi connectivity index (χ3n) is 5.47. The number of nitro groups is 2. The highest BCUT2D eigenvalue weighted by Crippen LogP contribution is 2.66. The number of non-ortho nitro benzene ring substituents is 2. The van der Waals surface area contributed by atoms with Gasteiger partial charge in [-0.2, -0.15) is 0 Å². The number of nitrogens with zero attached hydrogens (tertiary/aromatic N) is 2. The third kappa shape index (κ3) is 2.16. The summed E-state index contributed by atoms with van der Waals surface area (Å²) in [6, 6.07) is 2.91. The van der Waals surface area contributed by atoms with Crippen molar-refractivity contribution in [3.63, 3.8) is 0 Å². The van der Waals surface area contributed by atoms with Crippen LogP contribution in [0.2, 0.25) is 0 Å². The second-order valence-corrected chi connectivity index (χ2v) is 6.59. The summed E-state index contributed by atoms with van der Waals surface area (Å²) < 4.78 is 5.57. The van der Waals surface area contributed by atoms with Crippen LogP contribution in [-0.2, 0) is 4.74 Å². The minimum Gasteiger partial charge on any atom is -0.458 e. The Bertz CT molecular complexity index is 700. The van der Waals surface area contributed by atoms with E-state index in [9.17, 15) is 25.0 Å². The molecule has 0 spiro atoms. The van der Waals surface area contributed by atoms with Crippen molar-refractivity contribution in [2.45, 2.75) is 25.4 Å². The van der Waals surface area contributed by atoms with E-state index >= 15 is 0 Å². The number of esters is 1. The van der Waals surface area contributed by atoms with Gasteiger partial charge in [0.05, 0.1) is 21.5 Å². The van der Waals surface area contributed by atoms with Gasteiger partial charge >= 0.3 is 5.97 Å². The predicted molar refractivity (Wildman–Crippen MR) is 76.8 cm³/mol. The number of carbonyl (C=O) groups is 1. The zero-order valence-electron chi connectivity index (χ0n) is 12.1. The molecule has 1 aromatic rings. The largest absolute Gasteiger partial charge is 0.458 e. The molecule has 0 unspecified atom stereocenters. The Labute approximate surface area is 130 Å². The van der Waals surface area contributed by atoms with E-state index < -0.39 is 27.2 Å². The van der Waals surface area contributed by atoms with Crippen molar-refractivity contribution in [1.82, 2.24) is 0 Å².